The number of hydrogen-bond donors (Lipinski definition) is 1. The van der Waals surface area contributed by atoms with Crippen LogP contribution in [0.1, 0.15) is 0 Å². The van der Waals surface area contributed by atoms with Crippen LogP contribution in [0.25, 0.3) is 50.6 Å². The Bertz CT molecular complexity index is 1450. The van der Waals surface area contributed by atoms with Gasteiger partial charge in [0.15, 0.2) is 0 Å². The third-order valence-corrected chi connectivity index (χ3v) is 5.88. The predicted octanol–water partition coefficient (Wildman–Crippen LogP) is 6.09. The summed E-state index contributed by atoms with van der Waals surface area (Å²) in [5.74, 6) is 1.86. The monoisotopic (exact) mass is 415 g/mol. The predicted molar refractivity (Wildman–Crippen MR) is 128 cm³/mol. The second-order valence-electron chi connectivity index (χ2n) is 7.79. The molecule has 0 atom stereocenters. The number of hydrogen-bond acceptors (Lipinski definition) is 2. The van der Waals surface area contributed by atoms with Crippen molar-refractivity contribution >= 4 is 10.9 Å². The number of aryl methyl sites for hydroxylation is 1. The molecule has 154 valence electrons. The Labute approximate surface area is 185 Å². The number of benzene rings is 3. The van der Waals surface area contributed by atoms with Gasteiger partial charge in [-0.3, -0.25) is 4.57 Å². The van der Waals surface area contributed by atoms with E-state index in [0.29, 0.717) is 0 Å². The molecule has 0 bridgehead atoms. The van der Waals surface area contributed by atoms with Gasteiger partial charge in [0.1, 0.15) is 18.0 Å². The quantitative estimate of drug-likeness (QED) is 0.379. The molecule has 6 aromatic rings. The van der Waals surface area contributed by atoms with Crippen molar-refractivity contribution in [2.24, 2.45) is 7.05 Å². The third-order valence-electron chi connectivity index (χ3n) is 5.88. The van der Waals surface area contributed by atoms with E-state index in [9.17, 15) is 0 Å². The Morgan fingerprint density at radius 1 is 0.781 bits per heavy atom. The van der Waals surface area contributed by atoms with Crippen LogP contribution in [0.15, 0.2) is 104 Å². The van der Waals surface area contributed by atoms with E-state index in [0.717, 1.165) is 50.6 Å². The van der Waals surface area contributed by atoms with E-state index in [4.69, 9.17) is 4.98 Å². The molecule has 6 rings (SSSR count). The van der Waals surface area contributed by atoms with Gasteiger partial charge in [0.05, 0.1) is 22.5 Å². The smallest absolute Gasteiger partial charge is 0.142 e. The highest BCUT2D eigenvalue weighted by atomic mass is 15.2. The maximum Gasteiger partial charge on any atom is 0.142 e. The Kier molecular flexibility index (Phi) is 4.25. The number of aromatic amines is 1. The Hall–Kier alpha value is -4.38. The highest BCUT2D eigenvalue weighted by Gasteiger charge is 2.23. The summed E-state index contributed by atoms with van der Waals surface area (Å²) in [5.41, 5.74) is 6.34. The van der Waals surface area contributed by atoms with E-state index in [1.807, 2.05) is 41.4 Å². The standard InChI is InChI=1S/C27H21N5/c1-31-22-15-9-8-14-21(22)23(27(31)32-17-16-28-18-32)26-29-24(19-10-4-2-5-11-19)25(30-26)20-12-6-3-7-13-20/h2-18H,1H3,(H,29,30). The van der Waals surface area contributed by atoms with Gasteiger partial charge in [0.25, 0.3) is 0 Å². The topological polar surface area (TPSA) is 51.4 Å². The molecule has 3 aromatic heterocycles. The molecule has 0 unspecified atom stereocenters. The molecule has 0 aliphatic carbocycles. The van der Waals surface area contributed by atoms with E-state index in [2.05, 4.69) is 82.2 Å². The van der Waals surface area contributed by atoms with Gasteiger partial charge < -0.3 is 9.55 Å². The van der Waals surface area contributed by atoms with Crippen LogP contribution in [-0.4, -0.2) is 24.1 Å². The SMILES string of the molecule is Cn1c(-n2ccnc2)c(-c2nc(-c3ccccc3)c(-c3ccccc3)[nH]2)c2ccccc21. The summed E-state index contributed by atoms with van der Waals surface area (Å²) >= 11 is 0. The van der Waals surface area contributed by atoms with E-state index in [1.54, 1.807) is 6.20 Å². The molecule has 0 aliphatic rings. The van der Waals surface area contributed by atoms with Crippen molar-refractivity contribution in [2.45, 2.75) is 0 Å². The molecule has 0 saturated heterocycles. The second kappa shape index (κ2) is 7.39. The van der Waals surface area contributed by atoms with Gasteiger partial charge >= 0.3 is 0 Å². The number of nitrogens with zero attached hydrogens (tertiary/aromatic N) is 4. The number of nitrogens with one attached hydrogen (secondary N) is 1. The van der Waals surface area contributed by atoms with Crippen LogP contribution < -0.4 is 0 Å². The van der Waals surface area contributed by atoms with Crippen molar-refractivity contribution < 1.29 is 0 Å². The zero-order chi connectivity index (χ0) is 21.5. The molecule has 0 saturated carbocycles. The number of H-pyrrole nitrogens is 1. The molecule has 32 heavy (non-hydrogen) atoms. The molecule has 1 N–H and O–H groups in total. The maximum atomic E-state index is 5.16. The lowest BCUT2D eigenvalue weighted by molar-refractivity contribution is 0.868. The fraction of sp³-hybridized carbons (Fsp3) is 0.0370. The summed E-state index contributed by atoms with van der Waals surface area (Å²) in [6.07, 6.45) is 5.60. The minimum atomic E-state index is 0.836. The fourth-order valence-corrected chi connectivity index (χ4v) is 4.41. The van der Waals surface area contributed by atoms with Crippen LogP contribution >= 0.6 is 0 Å². The van der Waals surface area contributed by atoms with Crippen LogP contribution in [0.2, 0.25) is 0 Å². The lowest BCUT2D eigenvalue weighted by Crippen LogP contribution is -2.01. The minimum absolute atomic E-state index is 0.836. The van der Waals surface area contributed by atoms with Gasteiger partial charge in [-0.15, -0.1) is 0 Å². The van der Waals surface area contributed by atoms with Gasteiger partial charge in [-0.1, -0.05) is 78.9 Å². The fourth-order valence-electron chi connectivity index (χ4n) is 4.41. The molecule has 0 aliphatic heterocycles. The van der Waals surface area contributed by atoms with Crippen molar-refractivity contribution in [3.63, 3.8) is 0 Å². The van der Waals surface area contributed by atoms with Crippen molar-refractivity contribution in [1.29, 1.82) is 0 Å². The van der Waals surface area contributed by atoms with Gasteiger partial charge in [-0.2, -0.15) is 0 Å². The normalized spacial score (nSPS) is 11.3. The van der Waals surface area contributed by atoms with E-state index in [1.165, 1.54) is 0 Å². The van der Waals surface area contributed by atoms with Crippen molar-refractivity contribution in [3.05, 3.63) is 104 Å². The summed E-state index contributed by atoms with van der Waals surface area (Å²) in [5, 5.41) is 1.15. The van der Waals surface area contributed by atoms with Crippen LogP contribution in [0.4, 0.5) is 0 Å². The first-order chi connectivity index (χ1) is 15.8. The van der Waals surface area contributed by atoms with Crippen LogP contribution in [0.3, 0.4) is 0 Å². The van der Waals surface area contributed by atoms with Crippen molar-refractivity contribution in [2.75, 3.05) is 0 Å². The Morgan fingerprint density at radius 2 is 1.47 bits per heavy atom. The number of rotatable bonds is 4. The molecule has 5 heteroatoms. The number of para-hydroxylation sites is 1. The molecule has 3 heterocycles. The Morgan fingerprint density at radius 3 is 2.19 bits per heavy atom. The first-order valence-electron chi connectivity index (χ1n) is 10.6. The lowest BCUT2D eigenvalue weighted by Gasteiger charge is -2.07. The molecule has 0 amide bonds. The zero-order valence-corrected chi connectivity index (χ0v) is 17.6. The van der Waals surface area contributed by atoms with Crippen molar-refractivity contribution in [1.82, 2.24) is 24.1 Å². The molecule has 3 aromatic carbocycles. The molecule has 5 nitrogen and oxygen atoms in total. The minimum Gasteiger partial charge on any atom is -0.337 e. The summed E-state index contributed by atoms with van der Waals surface area (Å²) in [6, 6.07) is 29.1. The van der Waals surface area contributed by atoms with E-state index < -0.39 is 0 Å². The van der Waals surface area contributed by atoms with Gasteiger partial charge in [0.2, 0.25) is 0 Å². The lowest BCUT2D eigenvalue weighted by atomic mass is 10.1. The molecule has 0 spiro atoms. The first-order valence-corrected chi connectivity index (χ1v) is 10.6. The van der Waals surface area contributed by atoms with Crippen LogP contribution in [-0.2, 0) is 7.05 Å². The van der Waals surface area contributed by atoms with Gasteiger partial charge in [0, 0.05) is 36.0 Å². The second-order valence-corrected chi connectivity index (χ2v) is 7.79. The van der Waals surface area contributed by atoms with Crippen LogP contribution in [0, 0.1) is 0 Å². The Balaban J connectivity index is 1.67. The zero-order valence-electron chi connectivity index (χ0n) is 17.6. The molecule has 0 fully saturated rings. The van der Waals surface area contributed by atoms with Gasteiger partial charge in [-0.05, 0) is 6.07 Å². The highest BCUT2D eigenvalue weighted by molar-refractivity contribution is 6.00. The average Bonchev–Trinajstić information content (AvgIpc) is 3.58. The van der Waals surface area contributed by atoms with Gasteiger partial charge in [-0.25, -0.2) is 9.97 Å². The average molecular weight is 416 g/mol. The largest absolute Gasteiger partial charge is 0.337 e. The summed E-state index contributed by atoms with van der Waals surface area (Å²) in [7, 11) is 2.08. The van der Waals surface area contributed by atoms with Crippen LogP contribution in [0.5, 0.6) is 0 Å². The maximum absolute atomic E-state index is 5.16. The molecule has 0 radical (unpaired) electrons. The van der Waals surface area contributed by atoms with E-state index >= 15 is 0 Å². The first kappa shape index (κ1) is 18.4. The molecular formula is C27H21N5. The molecular weight excluding hydrogens is 394 g/mol. The number of aromatic nitrogens is 5. The third kappa shape index (κ3) is 2.87. The number of fused-ring (bicyclic) bond motifs is 1. The van der Waals surface area contributed by atoms with Crippen molar-refractivity contribution in [3.8, 4) is 39.7 Å². The highest BCUT2D eigenvalue weighted by Crippen LogP contribution is 2.39. The summed E-state index contributed by atoms with van der Waals surface area (Å²) < 4.78 is 4.24. The summed E-state index contributed by atoms with van der Waals surface area (Å²) in [6.45, 7) is 0. The number of imidazole rings is 2. The summed E-state index contributed by atoms with van der Waals surface area (Å²) in [4.78, 5) is 13.1. The van der Waals surface area contributed by atoms with E-state index in [-0.39, 0.29) is 0 Å².